The molecule has 0 bridgehead atoms. The first-order valence-corrected chi connectivity index (χ1v) is 7.20. The fourth-order valence-electron chi connectivity index (χ4n) is 1.71. The predicted molar refractivity (Wildman–Crippen MR) is 91.6 cm³/mol. The number of amides is 3. The molecule has 22 heavy (non-hydrogen) atoms. The van der Waals surface area contributed by atoms with Crippen LogP contribution in [0.25, 0.3) is 0 Å². The number of rotatable bonds is 8. The lowest BCUT2D eigenvalue weighted by atomic mass is 10.2. The summed E-state index contributed by atoms with van der Waals surface area (Å²) < 4.78 is 0. The highest BCUT2D eigenvalue weighted by Gasteiger charge is 2.05. The second kappa shape index (κ2) is 11.8. The van der Waals surface area contributed by atoms with E-state index in [0.29, 0.717) is 12.2 Å². The third-order valence-corrected chi connectivity index (χ3v) is 2.74. The maximum atomic E-state index is 11.6. The molecule has 1 aromatic rings. The summed E-state index contributed by atoms with van der Waals surface area (Å²) in [5.74, 6) is -0.201. The van der Waals surface area contributed by atoms with Crippen LogP contribution in [0.5, 0.6) is 0 Å². The van der Waals surface area contributed by atoms with Crippen molar-refractivity contribution in [1.29, 1.82) is 0 Å². The maximum absolute atomic E-state index is 11.6. The first kappa shape index (κ1) is 20.2. The number of anilines is 1. The van der Waals surface area contributed by atoms with Crippen molar-refractivity contribution in [3.8, 4) is 0 Å². The van der Waals surface area contributed by atoms with Gasteiger partial charge in [-0.2, -0.15) is 0 Å². The summed E-state index contributed by atoms with van der Waals surface area (Å²) in [6.07, 6.45) is 1.06. The van der Waals surface area contributed by atoms with Crippen molar-refractivity contribution in [3.63, 3.8) is 0 Å². The molecule has 0 aliphatic heterocycles. The number of carbonyl (C=O) groups excluding carboxylic acids is 2. The molecular weight excluding hydrogens is 304 g/mol. The zero-order valence-corrected chi connectivity index (χ0v) is 13.9. The Labute approximate surface area is 137 Å². The Balaban J connectivity index is 0.00000441. The molecule has 0 saturated heterocycles. The Morgan fingerprint density at radius 1 is 1.09 bits per heavy atom. The quantitative estimate of drug-likeness (QED) is 0.548. The zero-order valence-electron chi connectivity index (χ0n) is 13.1. The molecule has 0 atom stereocenters. The molecule has 0 spiro atoms. The minimum absolute atomic E-state index is 0. The Morgan fingerprint density at radius 2 is 1.86 bits per heavy atom. The lowest BCUT2D eigenvalue weighted by molar-refractivity contribution is -0.120. The van der Waals surface area contributed by atoms with Gasteiger partial charge in [0.25, 0.3) is 0 Å². The van der Waals surface area contributed by atoms with Gasteiger partial charge in [-0.3, -0.25) is 4.79 Å². The summed E-state index contributed by atoms with van der Waals surface area (Å²) in [6.45, 7) is 6.22. The summed E-state index contributed by atoms with van der Waals surface area (Å²) in [5.41, 5.74) is 1.77. The summed E-state index contributed by atoms with van der Waals surface area (Å²) in [4.78, 5) is 23.1. The highest BCUT2D eigenvalue weighted by Crippen LogP contribution is 2.08. The Bertz CT molecular complexity index is 469. The van der Waals surface area contributed by atoms with Crippen LogP contribution in [0.2, 0.25) is 0 Å². The van der Waals surface area contributed by atoms with Crippen molar-refractivity contribution >= 4 is 30.0 Å². The molecule has 0 aliphatic carbocycles. The van der Waals surface area contributed by atoms with E-state index in [2.05, 4.69) is 28.2 Å². The highest BCUT2D eigenvalue weighted by atomic mass is 35.5. The molecule has 0 aliphatic rings. The summed E-state index contributed by atoms with van der Waals surface area (Å²) in [5, 5.41) is 11.1. The van der Waals surface area contributed by atoms with E-state index in [1.165, 1.54) is 0 Å². The molecule has 7 heteroatoms. The number of carbonyl (C=O) groups is 2. The summed E-state index contributed by atoms with van der Waals surface area (Å²) >= 11 is 0. The van der Waals surface area contributed by atoms with E-state index in [1.807, 2.05) is 25.1 Å². The Kier molecular flexibility index (Phi) is 10.9. The summed E-state index contributed by atoms with van der Waals surface area (Å²) in [7, 11) is 0. The van der Waals surface area contributed by atoms with Crippen molar-refractivity contribution in [2.45, 2.75) is 20.3 Å². The van der Waals surface area contributed by atoms with Crippen LogP contribution in [-0.2, 0) is 4.79 Å². The number of halogens is 1. The van der Waals surface area contributed by atoms with Gasteiger partial charge in [0.15, 0.2) is 0 Å². The number of aryl methyl sites for hydroxylation is 1. The minimum Gasteiger partial charge on any atom is -0.353 e. The first-order chi connectivity index (χ1) is 10.1. The Hall–Kier alpha value is -1.79. The number of hydrogen-bond acceptors (Lipinski definition) is 3. The van der Waals surface area contributed by atoms with Crippen LogP contribution >= 0.6 is 12.4 Å². The van der Waals surface area contributed by atoms with Gasteiger partial charge in [-0.15, -0.1) is 12.4 Å². The van der Waals surface area contributed by atoms with Gasteiger partial charge in [0.1, 0.15) is 0 Å². The Morgan fingerprint density at radius 3 is 2.55 bits per heavy atom. The van der Waals surface area contributed by atoms with Crippen LogP contribution in [0.4, 0.5) is 10.5 Å². The molecule has 0 saturated carbocycles. The SMILES string of the molecule is CCCNCCNC(=O)CNC(=O)Nc1cccc(C)c1.Cl. The van der Waals surface area contributed by atoms with Gasteiger partial charge < -0.3 is 21.3 Å². The van der Waals surface area contributed by atoms with E-state index in [-0.39, 0.29) is 30.9 Å². The predicted octanol–water partition coefficient (Wildman–Crippen LogP) is 1.65. The van der Waals surface area contributed by atoms with Gasteiger partial charge >= 0.3 is 6.03 Å². The van der Waals surface area contributed by atoms with Crippen LogP contribution in [0.15, 0.2) is 24.3 Å². The maximum Gasteiger partial charge on any atom is 0.319 e. The third-order valence-electron chi connectivity index (χ3n) is 2.74. The third kappa shape index (κ3) is 9.20. The topological polar surface area (TPSA) is 82.3 Å². The van der Waals surface area contributed by atoms with Gasteiger partial charge in [0.05, 0.1) is 6.54 Å². The second-order valence-electron chi connectivity index (χ2n) is 4.78. The first-order valence-electron chi connectivity index (χ1n) is 7.20. The molecule has 4 N–H and O–H groups in total. The molecule has 0 heterocycles. The van der Waals surface area contributed by atoms with Gasteiger partial charge in [0.2, 0.25) is 5.91 Å². The van der Waals surface area contributed by atoms with Gasteiger partial charge in [0, 0.05) is 18.8 Å². The number of urea groups is 1. The van der Waals surface area contributed by atoms with Crippen LogP contribution < -0.4 is 21.3 Å². The van der Waals surface area contributed by atoms with Crippen LogP contribution in [0.1, 0.15) is 18.9 Å². The number of benzene rings is 1. The monoisotopic (exact) mass is 328 g/mol. The minimum atomic E-state index is -0.389. The van der Waals surface area contributed by atoms with E-state index in [4.69, 9.17) is 0 Å². The summed E-state index contributed by atoms with van der Waals surface area (Å²) in [6, 6.07) is 7.08. The van der Waals surface area contributed by atoms with Crippen molar-refractivity contribution < 1.29 is 9.59 Å². The van der Waals surface area contributed by atoms with E-state index >= 15 is 0 Å². The standard InChI is InChI=1S/C15H24N4O2.ClH/c1-3-7-16-8-9-17-14(20)11-18-15(21)19-13-6-4-5-12(2)10-13;/h4-6,10,16H,3,7-9,11H2,1-2H3,(H,17,20)(H2,18,19,21);1H. The van der Waals surface area contributed by atoms with Crippen molar-refractivity contribution in [2.75, 3.05) is 31.5 Å². The molecule has 124 valence electrons. The van der Waals surface area contributed by atoms with Crippen LogP contribution in [0.3, 0.4) is 0 Å². The zero-order chi connectivity index (χ0) is 15.5. The molecule has 0 unspecified atom stereocenters. The molecule has 3 amide bonds. The van der Waals surface area contributed by atoms with Crippen LogP contribution in [-0.4, -0.2) is 38.1 Å². The van der Waals surface area contributed by atoms with Gasteiger partial charge in [-0.25, -0.2) is 4.79 Å². The smallest absolute Gasteiger partial charge is 0.319 e. The van der Waals surface area contributed by atoms with E-state index in [1.54, 1.807) is 6.07 Å². The van der Waals surface area contributed by atoms with Gasteiger partial charge in [-0.05, 0) is 37.6 Å². The second-order valence-corrected chi connectivity index (χ2v) is 4.78. The molecule has 1 aromatic carbocycles. The van der Waals surface area contributed by atoms with Crippen LogP contribution in [0, 0.1) is 6.92 Å². The molecule has 0 radical (unpaired) electrons. The van der Waals surface area contributed by atoms with E-state index < -0.39 is 0 Å². The average molecular weight is 329 g/mol. The van der Waals surface area contributed by atoms with Crippen molar-refractivity contribution in [2.24, 2.45) is 0 Å². The fraction of sp³-hybridized carbons (Fsp3) is 0.467. The molecule has 0 aromatic heterocycles. The molecular formula is C15H25ClN4O2. The lowest BCUT2D eigenvalue weighted by Gasteiger charge is -2.09. The largest absolute Gasteiger partial charge is 0.353 e. The van der Waals surface area contributed by atoms with Crippen molar-refractivity contribution in [1.82, 2.24) is 16.0 Å². The average Bonchev–Trinajstić information content (AvgIpc) is 2.45. The van der Waals surface area contributed by atoms with E-state index in [0.717, 1.165) is 25.1 Å². The highest BCUT2D eigenvalue weighted by molar-refractivity contribution is 5.92. The van der Waals surface area contributed by atoms with E-state index in [9.17, 15) is 9.59 Å². The fourth-order valence-corrected chi connectivity index (χ4v) is 1.71. The number of hydrogen-bond donors (Lipinski definition) is 4. The number of nitrogens with one attached hydrogen (secondary N) is 4. The molecule has 6 nitrogen and oxygen atoms in total. The normalized spacial score (nSPS) is 9.55. The lowest BCUT2D eigenvalue weighted by Crippen LogP contribution is -2.41. The van der Waals surface area contributed by atoms with Gasteiger partial charge in [-0.1, -0.05) is 19.1 Å². The molecule has 0 fully saturated rings. The molecule has 1 rings (SSSR count). The van der Waals surface area contributed by atoms with Crippen molar-refractivity contribution in [3.05, 3.63) is 29.8 Å².